The Hall–Kier alpha value is -2.21. The number of benzene rings is 1. The second-order valence-corrected chi connectivity index (χ2v) is 7.66. The molecule has 0 amide bonds. The zero-order chi connectivity index (χ0) is 19.9. The van der Waals surface area contributed by atoms with Gasteiger partial charge in [-0.15, -0.1) is 0 Å². The van der Waals surface area contributed by atoms with Crippen molar-refractivity contribution in [2.75, 3.05) is 0 Å². The van der Waals surface area contributed by atoms with Crippen LogP contribution in [0.25, 0.3) is 0 Å². The van der Waals surface area contributed by atoms with Gasteiger partial charge in [-0.25, -0.2) is 0 Å². The summed E-state index contributed by atoms with van der Waals surface area (Å²) >= 11 is 1.06. The molecular formula is C17H23AsO8. The van der Waals surface area contributed by atoms with Crippen molar-refractivity contribution >= 4 is 35.1 Å². The van der Waals surface area contributed by atoms with Gasteiger partial charge in [-0.1, -0.05) is 0 Å². The van der Waals surface area contributed by atoms with Crippen molar-refractivity contribution in [2.24, 2.45) is 0 Å². The van der Waals surface area contributed by atoms with Gasteiger partial charge < -0.3 is 0 Å². The summed E-state index contributed by atoms with van der Waals surface area (Å²) in [6.45, 7) is 6.64. The molecule has 1 N–H and O–H groups in total. The molecule has 0 saturated carbocycles. The fourth-order valence-corrected chi connectivity index (χ4v) is 2.37. The number of carbonyl (C=O) groups is 3. The van der Waals surface area contributed by atoms with Gasteiger partial charge in [-0.3, -0.25) is 0 Å². The molecule has 0 aliphatic heterocycles. The maximum atomic E-state index is 11.8. The monoisotopic (exact) mass is 430 g/mol. The molecular weight excluding hydrogens is 407 g/mol. The van der Waals surface area contributed by atoms with Crippen molar-refractivity contribution in [3.63, 3.8) is 0 Å². The van der Waals surface area contributed by atoms with Gasteiger partial charge in [-0.05, 0) is 0 Å². The molecule has 8 nitrogen and oxygen atoms in total. The molecule has 9 heteroatoms. The van der Waals surface area contributed by atoms with Crippen molar-refractivity contribution in [3.05, 3.63) is 23.8 Å². The van der Waals surface area contributed by atoms with Crippen LogP contribution in [0.3, 0.4) is 0 Å². The summed E-state index contributed by atoms with van der Waals surface area (Å²) in [5, 5.41) is 9.04. The molecule has 1 unspecified atom stereocenters. The summed E-state index contributed by atoms with van der Waals surface area (Å²) < 4.78 is 19.4. The summed E-state index contributed by atoms with van der Waals surface area (Å²) in [6, 6.07) is 4.44. The van der Waals surface area contributed by atoms with Crippen molar-refractivity contribution < 1.29 is 38.4 Å². The van der Waals surface area contributed by atoms with Gasteiger partial charge in [-0.2, -0.15) is 0 Å². The Morgan fingerprint density at radius 3 is 1.92 bits per heavy atom. The Labute approximate surface area is 160 Å². The summed E-state index contributed by atoms with van der Waals surface area (Å²) in [7, 11) is 0. The molecule has 0 radical (unpaired) electrons. The summed E-state index contributed by atoms with van der Waals surface area (Å²) in [6.07, 6.45) is -2.44. The van der Waals surface area contributed by atoms with Gasteiger partial charge in [0.15, 0.2) is 0 Å². The molecule has 0 heterocycles. The fourth-order valence-electron chi connectivity index (χ4n) is 1.80. The molecule has 0 aliphatic rings. The van der Waals surface area contributed by atoms with Crippen LogP contribution in [0.15, 0.2) is 18.2 Å². The van der Waals surface area contributed by atoms with Gasteiger partial charge >= 0.3 is 160 Å². The topological polar surface area (TPSA) is 108 Å². The predicted molar refractivity (Wildman–Crippen MR) is 94.6 cm³/mol. The van der Waals surface area contributed by atoms with Gasteiger partial charge in [0.2, 0.25) is 0 Å². The molecule has 1 rings (SSSR count). The van der Waals surface area contributed by atoms with E-state index < -0.39 is 29.1 Å². The summed E-state index contributed by atoms with van der Waals surface area (Å²) in [5.74, 6) is -1.01. The van der Waals surface area contributed by atoms with E-state index in [1.165, 1.54) is 12.1 Å². The second-order valence-electron chi connectivity index (χ2n) is 5.97. The number of ether oxygens (including phenoxy) is 4. The Morgan fingerprint density at radius 1 is 0.962 bits per heavy atom. The minimum absolute atomic E-state index is 0.0337. The zero-order valence-electron chi connectivity index (χ0n) is 15.1. The van der Waals surface area contributed by atoms with E-state index in [1.54, 1.807) is 33.8 Å². The van der Waals surface area contributed by atoms with Gasteiger partial charge in [0.1, 0.15) is 0 Å². The number of carboxylic acid groups (broad SMARTS) is 1. The average molecular weight is 430 g/mol. The molecule has 0 aliphatic carbocycles. The Bertz CT molecular complexity index is 656. The molecule has 0 saturated heterocycles. The van der Waals surface area contributed by atoms with Crippen LogP contribution in [0, 0.1) is 0 Å². The number of aliphatic carboxylic acids is 1. The first-order valence-electron chi connectivity index (χ1n) is 7.96. The van der Waals surface area contributed by atoms with Crippen LogP contribution in [-0.2, 0) is 20.7 Å². The number of hydrogen-bond donors (Lipinski definition) is 1. The zero-order valence-corrected chi connectivity index (χ0v) is 17.5. The quantitative estimate of drug-likeness (QED) is 0.400. The van der Waals surface area contributed by atoms with Crippen molar-refractivity contribution in [1.29, 1.82) is 0 Å². The van der Waals surface area contributed by atoms with E-state index in [-0.39, 0.29) is 24.0 Å². The fraction of sp³-hybridized carbons (Fsp3) is 0.471. The normalized spacial score (nSPS) is 11.8. The van der Waals surface area contributed by atoms with E-state index in [0.717, 1.165) is 16.9 Å². The van der Waals surface area contributed by atoms with Crippen LogP contribution in [0.5, 0.6) is 11.5 Å². The van der Waals surface area contributed by atoms with E-state index in [1.807, 2.05) is 0 Å². The number of carboxylic acids is 1. The van der Waals surface area contributed by atoms with Gasteiger partial charge in [0.05, 0.1) is 0 Å². The van der Waals surface area contributed by atoms with E-state index in [4.69, 9.17) is 24.1 Å². The third-order valence-electron chi connectivity index (χ3n) is 2.83. The first kappa shape index (κ1) is 21.8. The first-order valence-corrected chi connectivity index (χ1v) is 9.36. The van der Waals surface area contributed by atoms with E-state index in [9.17, 15) is 14.4 Å². The second kappa shape index (κ2) is 10.1. The molecule has 1 aromatic rings. The van der Waals surface area contributed by atoms with Crippen LogP contribution in [0.2, 0.25) is 4.71 Å². The van der Waals surface area contributed by atoms with Crippen LogP contribution in [0.1, 0.15) is 33.3 Å². The SMILES string of the molecule is CC(C)OC(=O)Oc1ccc(C[C@H]([AsH2])C(=O)O)cc1OC(=O)OC(C)C. The van der Waals surface area contributed by atoms with Gasteiger partial charge in [0.25, 0.3) is 0 Å². The average Bonchev–Trinajstić information content (AvgIpc) is 2.47. The molecule has 144 valence electrons. The Kier molecular flexibility index (Phi) is 8.45. The molecule has 26 heavy (non-hydrogen) atoms. The first-order chi connectivity index (χ1) is 12.1. The number of rotatable bonds is 7. The standard InChI is InChI=1S/C17H23AsO8/c1-9(2)23-16(21)25-13-6-5-11(7-12(18)15(19)20)8-14(13)26-17(22)24-10(3)4/h5-6,8-10,12H,7,18H2,1-4H3,(H,19,20)/t12-/m0/s1. The molecule has 0 bridgehead atoms. The van der Waals surface area contributed by atoms with Crippen molar-refractivity contribution in [3.8, 4) is 11.5 Å². The van der Waals surface area contributed by atoms with Crippen molar-refractivity contribution in [2.45, 2.75) is 51.0 Å². The molecule has 0 fully saturated rings. The third-order valence-corrected chi connectivity index (χ3v) is 3.92. The van der Waals surface area contributed by atoms with E-state index >= 15 is 0 Å². The predicted octanol–water partition coefficient (Wildman–Crippen LogP) is 2.58. The van der Waals surface area contributed by atoms with Gasteiger partial charge in [0, 0.05) is 0 Å². The summed E-state index contributed by atoms with van der Waals surface area (Å²) in [5.41, 5.74) is 0.610. The van der Waals surface area contributed by atoms with E-state index in [0.29, 0.717) is 5.56 Å². The molecule has 1 aromatic carbocycles. The minimum atomic E-state index is -0.963. The van der Waals surface area contributed by atoms with Crippen LogP contribution in [-0.4, -0.2) is 52.4 Å². The maximum absolute atomic E-state index is 11.8. The Balaban J connectivity index is 3.04. The van der Waals surface area contributed by atoms with Crippen molar-refractivity contribution in [1.82, 2.24) is 0 Å². The number of carbonyl (C=O) groups excluding carboxylic acids is 2. The van der Waals surface area contributed by atoms with Crippen LogP contribution >= 0.6 is 0 Å². The summed E-state index contributed by atoms with van der Waals surface area (Å²) in [4.78, 5) is 34.5. The third kappa shape index (κ3) is 7.78. The van der Waals surface area contributed by atoms with Crippen LogP contribution < -0.4 is 9.47 Å². The Morgan fingerprint density at radius 2 is 1.46 bits per heavy atom. The molecule has 0 aromatic heterocycles. The molecule has 2 atom stereocenters. The molecule has 0 spiro atoms. The van der Waals surface area contributed by atoms with E-state index in [2.05, 4.69) is 0 Å². The van der Waals surface area contributed by atoms with Crippen LogP contribution in [0.4, 0.5) is 9.59 Å². The number of hydrogen-bond acceptors (Lipinski definition) is 7.